The number of aromatic nitrogens is 2. The second-order valence-electron chi connectivity index (χ2n) is 6.34. The Balaban J connectivity index is 1.45. The summed E-state index contributed by atoms with van der Waals surface area (Å²) < 4.78 is 1.66. The number of urea groups is 1. The largest absolute Gasteiger partial charge is 0.339 e. The van der Waals surface area contributed by atoms with Crippen LogP contribution in [0.3, 0.4) is 0 Å². The van der Waals surface area contributed by atoms with Crippen LogP contribution in [-0.4, -0.2) is 71.3 Å². The number of carbonyl (C=O) groups excluding carboxylic acids is 2. The van der Waals surface area contributed by atoms with Crippen molar-refractivity contribution in [3.8, 4) is 0 Å². The van der Waals surface area contributed by atoms with Crippen LogP contribution >= 0.6 is 0 Å². The van der Waals surface area contributed by atoms with Gasteiger partial charge in [0.2, 0.25) is 5.91 Å². The Labute approximate surface area is 135 Å². The molecule has 0 bridgehead atoms. The second-order valence-corrected chi connectivity index (χ2v) is 6.34. The summed E-state index contributed by atoms with van der Waals surface area (Å²) in [6, 6.07) is 1.53. The number of nitrogens with one attached hydrogen (secondary N) is 2. The van der Waals surface area contributed by atoms with Crippen molar-refractivity contribution in [1.82, 2.24) is 24.9 Å². The zero-order valence-corrected chi connectivity index (χ0v) is 13.7. The summed E-state index contributed by atoms with van der Waals surface area (Å²) in [5, 5.41) is 9.77. The van der Waals surface area contributed by atoms with Crippen LogP contribution in [0.25, 0.3) is 0 Å². The number of hydrogen-bond acceptors (Lipinski definition) is 4. The first-order chi connectivity index (χ1) is 11.0. The molecule has 2 N–H and O–H groups in total. The molecule has 1 aromatic rings. The van der Waals surface area contributed by atoms with Gasteiger partial charge in [-0.15, -0.1) is 0 Å². The highest BCUT2D eigenvalue weighted by Crippen LogP contribution is 2.39. The number of carbonyl (C=O) groups is 2. The maximum absolute atomic E-state index is 12.1. The summed E-state index contributed by atoms with van der Waals surface area (Å²) in [5.74, 6) is 1.15. The predicted octanol–water partition coefficient (Wildman–Crippen LogP) is 0.193. The molecule has 0 atom stereocenters. The van der Waals surface area contributed by atoms with Gasteiger partial charge in [0.15, 0.2) is 0 Å². The van der Waals surface area contributed by atoms with Gasteiger partial charge < -0.3 is 15.1 Å². The normalized spacial score (nSPS) is 18.8. The lowest BCUT2D eigenvalue weighted by Gasteiger charge is -2.32. The van der Waals surface area contributed by atoms with Gasteiger partial charge in [-0.25, -0.2) is 4.79 Å². The van der Waals surface area contributed by atoms with E-state index in [1.54, 1.807) is 16.6 Å². The molecular weight excluding hydrogens is 296 g/mol. The summed E-state index contributed by atoms with van der Waals surface area (Å²) in [6.07, 6.45) is 2.34. The molecule has 1 saturated carbocycles. The molecule has 1 aliphatic carbocycles. The van der Waals surface area contributed by atoms with E-state index in [1.165, 1.54) is 12.8 Å². The molecule has 1 saturated heterocycles. The molecule has 1 aliphatic heterocycles. The van der Waals surface area contributed by atoms with Crippen LogP contribution in [0, 0.1) is 0 Å². The summed E-state index contributed by atoms with van der Waals surface area (Å²) in [5.41, 5.74) is 1.02. The maximum Gasteiger partial charge on any atom is 0.320 e. The number of aryl methyl sites for hydroxylation is 1. The molecule has 0 radical (unpaired) electrons. The van der Waals surface area contributed by atoms with Gasteiger partial charge in [0.1, 0.15) is 5.82 Å². The van der Waals surface area contributed by atoms with Crippen LogP contribution in [0.1, 0.15) is 24.5 Å². The van der Waals surface area contributed by atoms with E-state index in [-0.39, 0.29) is 18.5 Å². The second kappa shape index (κ2) is 6.57. The number of likely N-dealkylation sites (N-methyl/N-ethyl adjacent to an activating group) is 1. The highest BCUT2D eigenvalue weighted by atomic mass is 16.2. The fraction of sp³-hybridized carbons (Fsp3) is 0.667. The molecular formula is C15H24N6O2. The fourth-order valence-electron chi connectivity index (χ4n) is 2.67. The predicted molar refractivity (Wildman–Crippen MR) is 86.3 cm³/mol. The molecule has 2 fully saturated rings. The molecule has 23 heavy (non-hydrogen) atoms. The Hall–Kier alpha value is -2.09. The van der Waals surface area contributed by atoms with Crippen molar-refractivity contribution in [2.45, 2.75) is 18.8 Å². The molecule has 2 heterocycles. The van der Waals surface area contributed by atoms with E-state index < -0.39 is 0 Å². The monoisotopic (exact) mass is 320 g/mol. The minimum absolute atomic E-state index is 0.0167. The zero-order valence-electron chi connectivity index (χ0n) is 13.7. The SMILES string of the molecule is CN1CCN(C(=O)CNC(=O)Nc2cc(C3CC3)nn2C)CC1. The van der Waals surface area contributed by atoms with E-state index in [4.69, 9.17) is 0 Å². The Morgan fingerprint density at radius 1 is 1.22 bits per heavy atom. The van der Waals surface area contributed by atoms with Crippen molar-refractivity contribution < 1.29 is 9.59 Å². The van der Waals surface area contributed by atoms with E-state index in [0.29, 0.717) is 24.8 Å². The first-order valence-electron chi connectivity index (χ1n) is 8.08. The smallest absolute Gasteiger partial charge is 0.320 e. The van der Waals surface area contributed by atoms with E-state index in [1.807, 2.05) is 13.1 Å². The molecule has 1 aromatic heterocycles. The van der Waals surface area contributed by atoms with Crippen molar-refractivity contribution in [3.63, 3.8) is 0 Å². The summed E-state index contributed by atoms with van der Waals surface area (Å²) in [6.45, 7) is 3.19. The number of nitrogens with zero attached hydrogens (tertiary/aromatic N) is 4. The van der Waals surface area contributed by atoms with Crippen molar-refractivity contribution in [3.05, 3.63) is 11.8 Å². The molecule has 3 amide bonds. The lowest BCUT2D eigenvalue weighted by Crippen LogP contribution is -2.50. The first-order valence-corrected chi connectivity index (χ1v) is 8.08. The topological polar surface area (TPSA) is 82.5 Å². The van der Waals surface area contributed by atoms with Crippen molar-refractivity contribution >= 4 is 17.8 Å². The molecule has 8 heteroatoms. The third-order valence-electron chi connectivity index (χ3n) is 4.39. The number of amides is 3. The Bertz CT molecular complexity index is 587. The van der Waals surface area contributed by atoms with Gasteiger partial charge in [-0.2, -0.15) is 5.10 Å². The van der Waals surface area contributed by atoms with Crippen LogP contribution in [0.2, 0.25) is 0 Å². The summed E-state index contributed by atoms with van der Waals surface area (Å²) >= 11 is 0. The zero-order chi connectivity index (χ0) is 16.4. The lowest BCUT2D eigenvalue weighted by molar-refractivity contribution is -0.131. The van der Waals surface area contributed by atoms with Crippen molar-refractivity contribution in [1.29, 1.82) is 0 Å². The fourth-order valence-corrected chi connectivity index (χ4v) is 2.67. The number of rotatable bonds is 4. The lowest BCUT2D eigenvalue weighted by atomic mass is 10.3. The van der Waals surface area contributed by atoms with Crippen LogP contribution in [0.5, 0.6) is 0 Å². The van der Waals surface area contributed by atoms with Gasteiger partial charge in [0.25, 0.3) is 0 Å². The standard InChI is InChI=1S/C15H24N6O2/c1-19-5-7-21(8-6-19)14(22)10-16-15(23)17-13-9-12(11-3-4-11)18-20(13)2/h9,11H,3-8,10H2,1-2H3,(H2,16,17,23). The molecule has 0 aromatic carbocycles. The van der Waals surface area contributed by atoms with Crippen LogP contribution in [-0.2, 0) is 11.8 Å². The van der Waals surface area contributed by atoms with Crippen LogP contribution in [0.4, 0.5) is 10.6 Å². The van der Waals surface area contributed by atoms with Gasteiger partial charge >= 0.3 is 6.03 Å². The van der Waals surface area contributed by atoms with Crippen LogP contribution < -0.4 is 10.6 Å². The van der Waals surface area contributed by atoms with Gasteiger partial charge in [-0.3, -0.25) is 14.8 Å². The average Bonchev–Trinajstić information content (AvgIpc) is 3.31. The van der Waals surface area contributed by atoms with E-state index in [9.17, 15) is 9.59 Å². The number of piperazine rings is 1. The van der Waals surface area contributed by atoms with Gasteiger partial charge in [0.05, 0.1) is 12.2 Å². The Morgan fingerprint density at radius 3 is 2.57 bits per heavy atom. The first kappa shape index (κ1) is 15.8. The van der Waals surface area contributed by atoms with Gasteiger partial charge in [-0.05, 0) is 19.9 Å². The third kappa shape index (κ3) is 4.01. The average molecular weight is 320 g/mol. The van der Waals surface area contributed by atoms with Crippen LogP contribution in [0.15, 0.2) is 6.07 Å². The summed E-state index contributed by atoms with van der Waals surface area (Å²) in [7, 11) is 3.84. The Morgan fingerprint density at radius 2 is 1.91 bits per heavy atom. The highest BCUT2D eigenvalue weighted by Gasteiger charge is 2.27. The number of anilines is 1. The third-order valence-corrected chi connectivity index (χ3v) is 4.39. The quantitative estimate of drug-likeness (QED) is 0.830. The highest BCUT2D eigenvalue weighted by molar-refractivity contribution is 5.91. The minimum Gasteiger partial charge on any atom is -0.339 e. The van der Waals surface area contributed by atoms with E-state index in [2.05, 4.69) is 20.6 Å². The van der Waals surface area contributed by atoms with Crippen molar-refractivity contribution in [2.75, 3.05) is 45.1 Å². The minimum atomic E-state index is -0.377. The Kier molecular flexibility index (Phi) is 4.51. The molecule has 0 unspecified atom stereocenters. The van der Waals surface area contributed by atoms with Gasteiger partial charge in [-0.1, -0.05) is 0 Å². The van der Waals surface area contributed by atoms with E-state index in [0.717, 1.165) is 18.8 Å². The summed E-state index contributed by atoms with van der Waals surface area (Å²) in [4.78, 5) is 28.0. The van der Waals surface area contributed by atoms with Crippen molar-refractivity contribution in [2.24, 2.45) is 7.05 Å². The molecule has 3 rings (SSSR count). The maximum atomic E-state index is 12.1. The molecule has 2 aliphatic rings. The van der Waals surface area contributed by atoms with Gasteiger partial charge in [0, 0.05) is 45.2 Å². The van der Waals surface area contributed by atoms with E-state index >= 15 is 0 Å². The molecule has 0 spiro atoms. The molecule has 126 valence electrons. The number of hydrogen-bond donors (Lipinski definition) is 2. The molecule has 8 nitrogen and oxygen atoms in total.